The molecule has 6 rings (SSSR count). The smallest absolute Gasteiger partial charge is 0.0587 e. The zero-order chi connectivity index (χ0) is 35.6. The number of hydrogen-bond acceptors (Lipinski definition) is 3. The predicted octanol–water partition coefficient (Wildman–Crippen LogP) is 10.8. The molecule has 0 amide bonds. The van der Waals surface area contributed by atoms with Gasteiger partial charge >= 0.3 is 199 Å². The second-order valence-corrected chi connectivity index (χ2v) is 23.7. The zero-order valence-corrected chi connectivity index (χ0v) is 28.1. The van der Waals surface area contributed by atoms with Gasteiger partial charge in [-0.25, -0.2) is 0 Å². The number of aryl methyl sites for hydroxylation is 2. The molecule has 43 heavy (non-hydrogen) atoms. The molecule has 0 aliphatic rings. The molecule has 0 bridgehead atoms. The third kappa shape index (κ3) is 5.33. The van der Waals surface area contributed by atoms with Crippen LogP contribution < -0.4 is 4.40 Å². The number of nitrogens with zero attached hydrogens (tertiary/aromatic N) is 2. The minimum Gasteiger partial charge on any atom is -0.0587 e. The third-order valence-corrected chi connectivity index (χ3v) is 12.5. The van der Waals surface area contributed by atoms with Gasteiger partial charge < -0.3 is 0 Å². The van der Waals surface area contributed by atoms with Crippen LogP contribution in [0.4, 0.5) is 0 Å². The number of para-hydroxylation sites is 1. The molecule has 0 saturated carbocycles. The van der Waals surface area contributed by atoms with Crippen molar-refractivity contribution in [2.45, 2.75) is 70.5 Å². The van der Waals surface area contributed by atoms with Gasteiger partial charge in [-0.15, -0.1) is 0 Å². The van der Waals surface area contributed by atoms with E-state index in [9.17, 15) is 0 Å². The fraction of sp³-hybridized carbons (Fsp3) is 0.282. The first-order valence-corrected chi connectivity index (χ1v) is 22.3. The Hall–Kier alpha value is -3.70. The SMILES string of the molecule is [2H]C([2H])([2H])c1cnc(-c2cccc3c2oc2nc(C([2H])([2H])[2H])[c]([Ge]([CH3])([CH3])[CH3])cc23)cc1-c1c(C(C)C)cc(-c2ccccc2)cc1C(C)C. The summed E-state index contributed by atoms with van der Waals surface area (Å²) in [6.07, 6.45) is 1.48. The van der Waals surface area contributed by atoms with Crippen molar-refractivity contribution in [2.24, 2.45) is 0 Å². The van der Waals surface area contributed by atoms with Gasteiger partial charge in [0.15, 0.2) is 0 Å². The van der Waals surface area contributed by atoms with Gasteiger partial charge in [-0.2, -0.15) is 0 Å². The summed E-state index contributed by atoms with van der Waals surface area (Å²) in [5, 5.41) is 1.58. The molecule has 0 atom stereocenters. The van der Waals surface area contributed by atoms with Crippen LogP contribution in [-0.2, 0) is 0 Å². The first-order chi connectivity index (χ1) is 22.9. The van der Waals surface area contributed by atoms with Gasteiger partial charge in [0, 0.05) is 0 Å². The first-order valence-electron chi connectivity index (χ1n) is 18.0. The number of furan rings is 1. The number of fused-ring (bicyclic) bond motifs is 3. The first kappa shape index (κ1) is 22.8. The molecule has 3 heterocycles. The average Bonchev–Trinajstić information content (AvgIpc) is 3.40. The molecule has 3 aromatic carbocycles. The Bertz CT molecular complexity index is 2160. The summed E-state index contributed by atoms with van der Waals surface area (Å²) in [6.45, 7) is 3.78. The molecule has 3 nitrogen and oxygen atoms in total. The molecule has 0 unspecified atom stereocenters. The second kappa shape index (κ2) is 11.1. The quantitative estimate of drug-likeness (QED) is 0.171. The zero-order valence-electron chi connectivity index (χ0n) is 32.0. The molecule has 218 valence electrons. The number of rotatable bonds is 6. The minimum absolute atomic E-state index is 0.108. The van der Waals surface area contributed by atoms with E-state index in [0.717, 1.165) is 43.0 Å². The summed E-state index contributed by atoms with van der Waals surface area (Å²) in [4.78, 5) is 9.34. The third-order valence-electron chi connectivity index (χ3n) is 8.30. The van der Waals surface area contributed by atoms with Gasteiger partial charge in [0.25, 0.3) is 0 Å². The molecule has 0 fully saturated rings. The van der Waals surface area contributed by atoms with Crippen molar-refractivity contribution in [3.05, 3.63) is 101 Å². The van der Waals surface area contributed by atoms with Crippen molar-refractivity contribution >= 4 is 39.7 Å². The van der Waals surface area contributed by atoms with Crippen LogP contribution in [0.2, 0.25) is 17.3 Å². The molecule has 0 radical (unpaired) electrons. The van der Waals surface area contributed by atoms with Crippen LogP contribution in [0.1, 0.15) is 70.1 Å². The van der Waals surface area contributed by atoms with E-state index < -0.39 is 27.0 Å². The van der Waals surface area contributed by atoms with Crippen LogP contribution in [-0.4, -0.2) is 23.2 Å². The summed E-state index contributed by atoms with van der Waals surface area (Å²) < 4.78 is 57.5. The van der Waals surface area contributed by atoms with Crippen LogP contribution in [0, 0.1) is 13.7 Å². The molecule has 4 heteroatoms. The van der Waals surface area contributed by atoms with Gasteiger partial charge in [0.05, 0.1) is 0 Å². The number of hydrogen-bond donors (Lipinski definition) is 0. The van der Waals surface area contributed by atoms with E-state index in [1.54, 1.807) is 0 Å². The Balaban J connectivity index is 1.65. The van der Waals surface area contributed by atoms with Crippen molar-refractivity contribution in [1.29, 1.82) is 0 Å². The molecule has 3 aromatic heterocycles. The van der Waals surface area contributed by atoms with Crippen molar-refractivity contribution in [2.75, 3.05) is 0 Å². The Kier molecular flexibility index (Phi) is 5.88. The second-order valence-electron chi connectivity index (χ2n) is 13.1. The Morgan fingerprint density at radius 3 is 2.09 bits per heavy atom. The monoisotopic (exact) mass is 634 g/mol. The van der Waals surface area contributed by atoms with Crippen LogP contribution in [0.15, 0.2) is 83.4 Å². The fourth-order valence-corrected chi connectivity index (χ4v) is 8.83. The average molecular weight is 633 g/mol. The molecule has 6 aromatic rings. The van der Waals surface area contributed by atoms with Gasteiger partial charge in [-0.05, 0) is 11.1 Å². The number of aromatic nitrogens is 2. The van der Waals surface area contributed by atoms with Crippen molar-refractivity contribution in [3.8, 4) is 33.5 Å². The molecule has 0 spiro atoms. The predicted molar refractivity (Wildman–Crippen MR) is 186 cm³/mol. The van der Waals surface area contributed by atoms with Crippen molar-refractivity contribution < 1.29 is 12.6 Å². The Morgan fingerprint density at radius 2 is 1.47 bits per heavy atom. The van der Waals surface area contributed by atoms with Gasteiger partial charge in [-0.1, -0.05) is 58.0 Å². The van der Waals surface area contributed by atoms with Gasteiger partial charge in [0.1, 0.15) is 0 Å². The summed E-state index contributed by atoms with van der Waals surface area (Å²) >= 11 is -2.67. The van der Waals surface area contributed by atoms with Gasteiger partial charge in [0.2, 0.25) is 0 Å². The Morgan fingerprint density at radius 1 is 0.744 bits per heavy atom. The molecule has 0 aliphatic heterocycles. The van der Waals surface area contributed by atoms with E-state index in [4.69, 9.17) is 17.6 Å². The Labute approximate surface area is 267 Å². The standard InChI is InChI=1S/C39H42GeN2O/c1-23(2)31-18-28(27-14-11-10-12-15-27)19-32(24(3)4)37(31)33-21-36(41-22-25(33)5)30-17-13-16-29-34-20-35(40(7,8)9)26(6)42-39(34)43-38(29)30/h10-24H,1-9H3/i5D3,6D3. The van der Waals surface area contributed by atoms with Crippen LogP contribution >= 0.6 is 0 Å². The normalized spacial score (nSPS) is 14.9. The summed E-state index contributed by atoms with van der Waals surface area (Å²) in [6, 6.07) is 24.3. The maximum absolute atomic E-state index is 8.54. The molecular weight excluding hydrogens is 585 g/mol. The molecule has 0 N–H and O–H groups in total. The van der Waals surface area contributed by atoms with Crippen LogP contribution in [0.25, 0.3) is 55.6 Å². The molecule has 0 saturated heterocycles. The van der Waals surface area contributed by atoms with Crippen molar-refractivity contribution in [1.82, 2.24) is 9.97 Å². The summed E-state index contributed by atoms with van der Waals surface area (Å²) in [7, 11) is 0. The van der Waals surface area contributed by atoms with Gasteiger partial charge in [-0.3, -0.25) is 0 Å². The van der Waals surface area contributed by atoms with Crippen LogP contribution in [0.5, 0.6) is 0 Å². The molecular formula is C39H42GeN2O. The van der Waals surface area contributed by atoms with E-state index in [-0.39, 0.29) is 28.8 Å². The fourth-order valence-electron chi connectivity index (χ4n) is 6.01. The summed E-state index contributed by atoms with van der Waals surface area (Å²) in [5.41, 5.74) is 8.22. The van der Waals surface area contributed by atoms with Crippen LogP contribution in [0.3, 0.4) is 0 Å². The number of pyridine rings is 2. The van der Waals surface area contributed by atoms with Crippen molar-refractivity contribution in [3.63, 3.8) is 0 Å². The van der Waals surface area contributed by atoms with E-state index in [2.05, 4.69) is 74.2 Å². The topological polar surface area (TPSA) is 38.9 Å². The molecule has 0 aliphatic carbocycles. The number of benzene rings is 3. The van der Waals surface area contributed by atoms with E-state index in [0.29, 0.717) is 22.4 Å². The summed E-state index contributed by atoms with van der Waals surface area (Å²) in [5.74, 6) is 6.69. The maximum atomic E-state index is 8.54. The van der Waals surface area contributed by atoms with E-state index in [1.165, 1.54) is 6.20 Å². The van der Waals surface area contributed by atoms with E-state index >= 15 is 0 Å². The minimum atomic E-state index is -2.67. The van der Waals surface area contributed by atoms with E-state index in [1.807, 2.05) is 48.5 Å².